The van der Waals surface area contributed by atoms with Gasteiger partial charge in [-0.3, -0.25) is 0 Å². The minimum Gasteiger partial charge on any atom is -0.328 e. The van der Waals surface area contributed by atoms with Gasteiger partial charge in [0.05, 0.1) is 0 Å². The highest BCUT2D eigenvalue weighted by Gasteiger charge is 2.04. The first kappa shape index (κ1) is 13.8. The molecule has 0 saturated carbocycles. The van der Waals surface area contributed by atoms with Crippen LogP contribution >= 0.6 is 0 Å². The highest BCUT2D eigenvalue weighted by atomic mass is 14.6. The van der Waals surface area contributed by atoms with E-state index in [1.54, 1.807) is 0 Å². The van der Waals surface area contributed by atoms with Crippen molar-refractivity contribution in [3.05, 3.63) is 71.3 Å². The standard InChI is InChI=1S/C18H23N/c1-15-6-5-9-17(14-15)11-13-18(19)12-10-16-7-3-2-4-8-16/h2-9,14,18H,10-13,19H2,1H3. The SMILES string of the molecule is Cc1cccc(CCC(N)CCc2ccccc2)c1. The van der Waals surface area contributed by atoms with Crippen molar-refractivity contribution in [2.75, 3.05) is 0 Å². The van der Waals surface area contributed by atoms with Gasteiger partial charge in [-0.1, -0.05) is 60.2 Å². The molecule has 0 aromatic heterocycles. The van der Waals surface area contributed by atoms with Gasteiger partial charge in [0.2, 0.25) is 0 Å². The molecule has 19 heavy (non-hydrogen) atoms. The van der Waals surface area contributed by atoms with Crippen LogP contribution in [0.5, 0.6) is 0 Å². The van der Waals surface area contributed by atoms with Gasteiger partial charge >= 0.3 is 0 Å². The van der Waals surface area contributed by atoms with Gasteiger partial charge in [0, 0.05) is 6.04 Å². The fraction of sp³-hybridized carbons (Fsp3) is 0.333. The number of hydrogen-bond donors (Lipinski definition) is 1. The Balaban J connectivity index is 1.74. The van der Waals surface area contributed by atoms with Crippen LogP contribution in [0.4, 0.5) is 0 Å². The van der Waals surface area contributed by atoms with Crippen molar-refractivity contribution in [1.82, 2.24) is 0 Å². The molecule has 0 aliphatic heterocycles. The fourth-order valence-electron chi connectivity index (χ4n) is 2.36. The molecule has 100 valence electrons. The van der Waals surface area contributed by atoms with Crippen molar-refractivity contribution in [2.24, 2.45) is 5.73 Å². The molecule has 0 aliphatic rings. The number of aryl methyl sites for hydroxylation is 3. The molecule has 1 atom stereocenters. The van der Waals surface area contributed by atoms with Crippen LogP contribution in [0.1, 0.15) is 29.5 Å². The highest BCUT2D eigenvalue weighted by Crippen LogP contribution is 2.10. The Morgan fingerprint density at radius 2 is 1.47 bits per heavy atom. The van der Waals surface area contributed by atoms with E-state index in [1.807, 2.05) is 0 Å². The van der Waals surface area contributed by atoms with Crippen LogP contribution in [-0.2, 0) is 12.8 Å². The summed E-state index contributed by atoms with van der Waals surface area (Å²) in [5.41, 5.74) is 10.3. The van der Waals surface area contributed by atoms with Gasteiger partial charge in [0.15, 0.2) is 0 Å². The molecule has 0 aliphatic carbocycles. The summed E-state index contributed by atoms with van der Waals surface area (Å²) >= 11 is 0. The number of nitrogens with two attached hydrogens (primary N) is 1. The maximum absolute atomic E-state index is 6.21. The van der Waals surface area contributed by atoms with Gasteiger partial charge in [0.25, 0.3) is 0 Å². The zero-order valence-electron chi connectivity index (χ0n) is 11.7. The predicted octanol–water partition coefficient (Wildman–Crippen LogP) is 3.89. The topological polar surface area (TPSA) is 26.0 Å². The largest absolute Gasteiger partial charge is 0.328 e. The van der Waals surface area contributed by atoms with E-state index in [-0.39, 0.29) is 0 Å². The fourth-order valence-corrected chi connectivity index (χ4v) is 2.36. The summed E-state index contributed by atoms with van der Waals surface area (Å²) in [6, 6.07) is 19.6. The lowest BCUT2D eigenvalue weighted by atomic mass is 9.99. The first-order valence-electron chi connectivity index (χ1n) is 7.09. The van der Waals surface area contributed by atoms with Crippen molar-refractivity contribution in [2.45, 2.75) is 38.6 Å². The molecule has 2 aromatic carbocycles. The van der Waals surface area contributed by atoms with E-state index in [2.05, 4.69) is 61.5 Å². The molecule has 0 bridgehead atoms. The lowest BCUT2D eigenvalue weighted by Gasteiger charge is -2.11. The maximum atomic E-state index is 6.21. The van der Waals surface area contributed by atoms with E-state index < -0.39 is 0 Å². The monoisotopic (exact) mass is 253 g/mol. The Morgan fingerprint density at radius 3 is 2.16 bits per heavy atom. The summed E-state index contributed by atoms with van der Waals surface area (Å²) in [5.74, 6) is 0. The summed E-state index contributed by atoms with van der Waals surface area (Å²) in [6.45, 7) is 2.14. The molecule has 2 rings (SSSR count). The van der Waals surface area contributed by atoms with E-state index in [1.165, 1.54) is 16.7 Å². The number of hydrogen-bond acceptors (Lipinski definition) is 1. The third kappa shape index (κ3) is 4.88. The lowest BCUT2D eigenvalue weighted by Crippen LogP contribution is -2.21. The maximum Gasteiger partial charge on any atom is 0.00451 e. The second kappa shape index (κ2) is 7.10. The normalized spacial score (nSPS) is 12.3. The van der Waals surface area contributed by atoms with Crippen LogP contribution in [0.3, 0.4) is 0 Å². The van der Waals surface area contributed by atoms with Crippen LogP contribution < -0.4 is 5.73 Å². The van der Waals surface area contributed by atoms with E-state index >= 15 is 0 Å². The minimum absolute atomic E-state index is 0.292. The van der Waals surface area contributed by atoms with E-state index in [0.717, 1.165) is 25.7 Å². The molecule has 0 heterocycles. The predicted molar refractivity (Wildman–Crippen MR) is 82.2 cm³/mol. The van der Waals surface area contributed by atoms with Gasteiger partial charge in [-0.25, -0.2) is 0 Å². The molecule has 1 heteroatoms. The zero-order chi connectivity index (χ0) is 13.5. The molecule has 1 unspecified atom stereocenters. The van der Waals surface area contributed by atoms with Gasteiger partial charge < -0.3 is 5.73 Å². The van der Waals surface area contributed by atoms with Crippen LogP contribution in [0.15, 0.2) is 54.6 Å². The molecule has 0 spiro atoms. The van der Waals surface area contributed by atoms with Crippen LogP contribution in [0.2, 0.25) is 0 Å². The molecule has 2 aromatic rings. The Kier molecular flexibility index (Phi) is 5.17. The molecule has 0 fully saturated rings. The molecule has 0 amide bonds. The molecular formula is C18H23N. The first-order valence-corrected chi connectivity index (χ1v) is 7.09. The average Bonchev–Trinajstić information content (AvgIpc) is 2.44. The lowest BCUT2D eigenvalue weighted by molar-refractivity contribution is 0.568. The third-order valence-electron chi connectivity index (χ3n) is 3.53. The summed E-state index contributed by atoms with van der Waals surface area (Å²) < 4.78 is 0. The molecular weight excluding hydrogens is 230 g/mol. The number of benzene rings is 2. The number of rotatable bonds is 6. The Hall–Kier alpha value is -1.60. The molecule has 0 radical (unpaired) electrons. The van der Waals surface area contributed by atoms with Crippen LogP contribution in [0.25, 0.3) is 0 Å². The molecule has 1 nitrogen and oxygen atoms in total. The van der Waals surface area contributed by atoms with Gasteiger partial charge in [-0.2, -0.15) is 0 Å². The van der Waals surface area contributed by atoms with E-state index in [4.69, 9.17) is 5.73 Å². The summed E-state index contributed by atoms with van der Waals surface area (Å²) in [5, 5.41) is 0. The van der Waals surface area contributed by atoms with Crippen molar-refractivity contribution in [3.8, 4) is 0 Å². The Labute approximate surface area is 116 Å². The average molecular weight is 253 g/mol. The van der Waals surface area contributed by atoms with Crippen molar-refractivity contribution in [3.63, 3.8) is 0 Å². The molecule has 2 N–H and O–H groups in total. The second-order valence-corrected chi connectivity index (χ2v) is 5.31. The van der Waals surface area contributed by atoms with Crippen LogP contribution in [-0.4, -0.2) is 6.04 Å². The van der Waals surface area contributed by atoms with Crippen molar-refractivity contribution in [1.29, 1.82) is 0 Å². The van der Waals surface area contributed by atoms with Crippen LogP contribution in [0, 0.1) is 6.92 Å². The minimum atomic E-state index is 0.292. The van der Waals surface area contributed by atoms with Crippen molar-refractivity contribution >= 4 is 0 Å². The Morgan fingerprint density at radius 1 is 0.842 bits per heavy atom. The summed E-state index contributed by atoms with van der Waals surface area (Å²) in [7, 11) is 0. The van der Waals surface area contributed by atoms with Gasteiger partial charge in [-0.15, -0.1) is 0 Å². The van der Waals surface area contributed by atoms with Crippen molar-refractivity contribution < 1.29 is 0 Å². The first-order chi connectivity index (χ1) is 9.24. The van der Waals surface area contributed by atoms with E-state index in [9.17, 15) is 0 Å². The quantitative estimate of drug-likeness (QED) is 0.830. The van der Waals surface area contributed by atoms with E-state index in [0.29, 0.717) is 6.04 Å². The molecule has 0 saturated heterocycles. The smallest absolute Gasteiger partial charge is 0.00451 e. The van der Waals surface area contributed by atoms with Gasteiger partial charge in [-0.05, 0) is 43.7 Å². The zero-order valence-corrected chi connectivity index (χ0v) is 11.7. The van der Waals surface area contributed by atoms with Gasteiger partial charge in [0.1, 0.15) is 0 Å². The third-order valence-corrected chi connectivity index (χ3v) is 3.53. The second-order valence-electron chi connectivity index (χ2n) is 5.31. The highest BCUT2D eigenvalue weighted by molar-refractivity contribution is 5.22. The summed E-state index contributed by atoms with van der Waals surface area (Å²) in [6.07, 6.45) is 4.29. The Bertz CT molecular complexity index is 490. The summed E-state index contributed by atoms with van der Waals surface area (Å²) in [4.78, 5) is 0.